The molecule has 0 aliphatic heterocycles. The number of anilines is 1. The van der Waals surface area contributed by atoms with Crippen LogP contribution in [0.4, 0.5) is 14.5 Å². The van der Waals surface area contributed by atoms with Gasteiger partial charge in [-0.2, -0.15) is 0 Å². The third-order valence-electron chi connectivity index (χ3n) is 3.85. The molecule has 3 N–H and O–H groups in total. The van der Waals surface area contributed by atoms with E-state index in [-0.39, 0.29) is 42.0 Å². The summed E-state index contributed by atoms with van der Waals surface area (Å²) < 4.78 is 26.9. The maximum absolute atomic E-state index is 13.7. The molecule has 0 heterocycles. The van der Waals surface area contributed by atoms with Crippen molar-refractivity contribution in [3.8, 4) is 0 Å². The molecule has 0 fully saturated rings. The summed E-state index contributed by atoms with van der Waals surface area (Å²) in [6, 6.07) is 10.8. The average molecular weight is 502 g/mol. The smallest absolute Gasteiger partial charge is 0.224 e. The second-order valence-corrected chi connectivity index (χ2v) is 6.01. The van der Waals surface area contributed by atoms with Crippen LogP contribution in [0.1, 0.15) is 30.9 Å². The van der Waals surface area contributed by atoms with Crippen LogP contribution in [0.15, 0.2) is 47.5 Å². The lowest BCUT2D eigenvalue weighted by molar-refractivity contribution is -0.116. The number of nitrogens with one attached hydrogen (secondary N) is 3. The molecule has 0 aromatic heterocycles. The molecular weight excluding hydrogens is 477 g/mol. The van der Waals surface area contributed by atoms with Crippen molar-refractivity contribution in [1.82, 2.24) is 10.6 Å². The molecule has 0 saturated carbocycles. The summed E-state index contributed by atoms with van der Waals surface area (Å²) in [5.41, 5.74) is 1.97. The van der Waals surface area contributed by atoms with Gasteiger partial charge in [-0.25, -0.2) is 8.78 Å². The van der Waals surface area contributed by atoms with Crippen LogP contribution in [0.5, 0.6) is 0 Å². The Kier molecular flexibility index (Phi) is 10.4. The van der Waals surface area contributed by atoms with Crippen LogP contribution >= 0.6 is 24.0 Å². The Morgan fingerprint density at radius 2 is 1.71 bits per heavy atom. The highest BCUT2D eigenvalue weighted by Gasteiger charge is 2.06. The van der Waals surface area contributed by atoms with Gasteiger partial charge in [0.15, 0.2) is 5.96 Å². The highest BCUT2D eigenvalue weighted by molar-refractivity contribution is 14.0. The minimum atomic E-state index is -0.484. The van der Waals surface area contributed by atoms with Crippen molar-refractivity contribution in [2.75, 3.05) is 12.4 Å². The summed E-state index contributed by atoms with van der Waals surface area (Å²) in [5, 5.41) is 8.89. The van der Waals surface area contributed by atoms with Crippen LogP contribution in [0, 0.1) is 11.6 Å². The number of carbonyl (C=O) groups is 1. The molecule has 152 valence electrons. The molecule has 0 atom stereocenters. The van der Waals surface area contributed by atoms with E-state index in [9.17, 15) is 13.6 Å². The normalized spacial score (nSPS) is 10.8. The first kappa shape index (κ1) is 23.8. The zero-order valence-corrected chi connectivity index (χ0v) is 18.2. The van der Waals surface area contributed by atoms with Crippen molar-refractivity contribution in [1.29, 1.82) is 0 Å². The second kappa shape index (κ2) is 12.3. The largest absolute Gasteiger partial charge is 0.352 e. The van der Waals surface area contributed by atoms with Gasteiger partial charge in [-0.05, 0) is 42.3 Å². The van der Waals surface area contributed by atoms with E-state index in [4.69, 9.17) is 0 Å². The first-order chi connectivity index (χ1) is 13.0. The molecule has 0 spiro atoms. The number of nitrogens with zero attached hydrogens (tertiary/aromatic N) is 1. The molecule has 2 aromatic rings. The van der Waals surface area contributed by atoms with Crippen LogP contribution in [0.25, 0.3) is 0 Å². The van der Waals surface area contributed by atoms with E-state index in [1.807, 2.05) is 31.2 Å². The van der Waals surface area contributed by atoms with Crippen molar-refractivity contribution in [3.05, 3.63) is 65.2 Å². The van der Waals surface area contributed by atoms with Crippen LogP contribution in [-0.2, 0) is 17.9 Å². The van der Waals surface area contributed by atoms with Crippen molar-refractivity contribution in [2.45, 2.75) is 32.9 Å². The van der Waals surface area contributed by atoms with Gasteiger partial charge in [-0.15, -0.1) is 24.0 Å². The lowest BCUT2D eigenvalue weighted by Gasteiger charge is -2.13. The minimum Gasteiger partial charge on any atom is -0.352 e. The molecule has 2 rings (SSSR count). The van der Waals surface area contributed by atoms with E-state index in [2.05, 4.69) is 20.9 Å². The Labute approximate surface area is 181 Å². The fourth-order valence-electron chi connectivity index (χ4n) is 2.42. The maximum atomic E-state index is 13.7. The third kappa shape index (κ3) is 7.79. The summed E-state index contributed by atoms with van der Waals surface area (Å²) in [6.07, 6.45) is 1.30. The first-order valence-electron chi connectivity index (χ1n) is 8.79. The summed E-state index contributed by atoms with van der Waals surface area (Å²) in [6.45, 7) is 2.57. The van der Waals surface area contributed by atoms with Crippen molar-refractivity contribution in [3.63, 3.8) is 0 Å². The molecule has 0 aliphatic carbocycles. The fourth-order valence-corrected chi connectivity index (χ4v) is 2.42. The number of hydrogen-bond donors (Lipinski definition) is 3. The molecule has 28 heavy (non-hydrogen) atoms. The Hall–Kier alpha value is -2.23. The summed E-state index contributed by atoms with van der Waals surface area (Å²) in [7, 11) is 1.60. The van der Waals surface area contributed by atoms with Gasteiger partial charge >= 0.3 is 0 Å². The quantitative estimate of drug-likeness (QED) is 0.303. The Morgan fingerprint density at radius 1 is 1.04 bits per heavy atom. The van der Waals surface area contributed by atoms with Crippen molar-refractivity contribution < 1.29 is 13.6 Å². The van der Waals surface area contributed by atoms with E-state index >= 15 is 0 Å². The molecule has 1 amide bonds. The van der Waals surface area contributed by atoms with E-state index in [1.165, 1.54) is 0 Å². The maximum Gasteiger partial charge on any atom is 0.224 e. The van der Waals surface area contributed by atoms with Crippen LogP contribution in [0.2, 0.25) is 0 Å². The highest BCUT2D eigenvalue weighted by Crippen LogP contribution is 2.11. The van der Waals surface area contributed by atoms with Gasteiger partial charge in [0.25, 0.3) is 0 Å². The molecule has 5 nitrogen and oxygen atoms in total. The number of guanidine groups is 1. The van der Waals surface area contributed by atoms with Crippen LogP contribution in [0.3, 0.4) is 0 Å². The van der Waals surface area contributed by atoms with Crippen LogP contribution < -0.4 is 16.0 Å². The highest BCUT2D eigenvalue weighted by atomic mass is 127. The second-order valence-electron chi connectivity index (χ2n) is 6.01. The number of rotatable bonds is 7. The predicted molar refractivity (Wildman–Crippen MR) is 119 cm³/mol. The zero-order valence-electron chi connectivity index (χ0n) is 15.9. The lowest BCUT2D eigenvalue weighted by atomic mass is 10.2. The van der Waals surface area contributed by atoms with Crippen molar-refractivity contribution in [2.24, 2.45) is 4.99 Å². The number of aliphatic imine (C=N–C) groups is 1. The van der Waals surface area contributed by atoms with Crippen molar-refractivity contribution >= 4 is 41.5 Å². The molecule has 0 saturated heterocycles. The summed E-state index contributed by atoms with van der Waals surface area (Å²) in [4.78, 5) is 15.7. The average Bonchev–Trinajstić information content (AvgIpc) is 2.66. The van der Waals surface area contributed by atoms with Crippen LogP contribution in [-0.4, -0.2) is 18.9 Å². The van der Waals surface area contributed by atoms with Gasteiger partial charge in [0.05, 0.1) is 0 Å². The number of amides is 1. The van der Waals surface area contributed by atoms with Gasteiger partial charge in [0, 0.05) is 37.8 Å². The zero-order chi connectivity index (χ0) is 19.6. The van der Waals surface area contributed by atoms with E-state index in [0.717, 1.165) is 35.9 Å². The molecule has 0 unspecified atom stereocenters. The lowest BCUT2D eigenvalue weighted by Crippen LogP contribution is -2.36. The van der Waals surface area contributed by atoms with Gasteiger partial charge in [-0.1, -0.05) is 19.1 Å². The van der Waals surface area contributed by atoms with Gasteiger partial charge in [0.1, 0.15) is 11.6 Å². The number of halogens is 3. The Balaban J connectivity index is 0.00000392. The standard InChI is InChI=1S/C20H24F2N4O.HI/c1-3-4-19(27)26-17-8-5-14(6-9-17)12-24-20(23-2)25-13-15-11-16(21)7-10-18(15)22;/h5-11H,3-4,12-13H2,1-2H3,(H,26,27)(H2,23,24,25);1H. The summed E-state index contributed by atoms with van der Waals surface area (Å²) >= 11 is 0. The van der Waals surface area contributed by atoms with Gasteiger partial charge in [0.2, 0.25) is 5.91 Å². The molecular formula is C20H25F2IN4O. The van der Waals surface area contributed by atoms with E-state index in [1.54, 1.807) is 7.05 Å². The molecule has 0 radical (unpaired) electrons. The fraction of sp³-hybridized carbons (Fsp3) is 0.300. The minimum absolute atomic E-state index is 0. The number of benzene rings is 2. The molecule has 8 heteroatoms. The monoisotopic (exact) mass is 502 g/mol. The van der Waals surface area contributed by atoms with E-state index < -0.39 is 11.6 Å². The molecule has 2 aromatic carbocycles. The van der Waals surface area contributed by atoms with Gasteiger partial charge in [-0.3, -0.25) is 9.79 Å². The Bertz CT molecular complexity index is 797. The first-order valence-corrected chi connectivity index (χ1v) is 8.79. The van der Waals surface area contributed by atoms with E-state index in [0.29, 0.717) is 18.9 Å². The third-order valence-corrected chi connectivity index (χ3v) is 3.85. The SMILES string of the molecule is CCCC(=O)Nc1ccc(CNC(=NC)NCc2cc(F)ccc2F)cc1.I. The summed E-state index contributed by atoms with van der Waals surface area (Å²) in [5.74, 6) is -0.487. The van der Waals surface area contributed by atoms with Gasteiger partial charge < -0.3 is 16.0 Å². The number of hydrogen-bond acceptors (Lipinski definition) is 2. The molecule has 0 aliphatic rings. The number of carbonyl (C=O) groups excluding carboxylic acids is 1. The molecule has 0 bridgehead atoms. The predicted octanol–water partition coefficient (Wildman–Crippen LogP) is 4.19. The Morgan fingerprint density at radius 3 is 2.36 bits per heavy atom. The topological polar surface area (TPSA) is 65.5 Å².